The van der Waals surface area contributed by atoms with Gasteiger partial charge in [0.2, 0.25) is 0 Å². The summed E-state index contributed by atoms with van der Waals surface area (Å²) in [6, 6.07) is 4.18. The number of pyridine rings is 1. The Balaban J connectivity index is 2.63. The van der Waals surface area contributed by atoms with Crippen LogP contribution in [0.3, 0.4) is 0 Å². The van der Waals surface area contributed by atoms with Crippen molar-refractivity contribution in [2.24, 2.45) is 0 Å². The third-order valence-electron chi connectivity index (χ3n) is 2.57. The first kappa shape index (κ1) is 15.0. The number of nitrogens with zero attached hydrogens (tertiary/aromatic N) is 1. The summed E-state index contributed by atoms with van der Waals surface area (Å²) < 4.78 is 13.2. The van der Waals surface area contributed by atoms with Gasteiger partial charge in [-0.1, -0.05) is 34.8 Å². The molecule has 1 N–H and O–H groups in total. The van der Waals surface area contributed by atoms with Gasteiger partial charge >= 0.3 is 5.97 Å². The summed E-state index contributed by atoms with van der Waals surface area (Å²) in [5.74, 6) is -1.73. The summed E-state index contributed by atoms with van der Waals surface area (Å²) in [4.78, 5) is 14.7. The van der Waals surface area contributed by atoms with Crippen LogP contribution in [0, 0.1) is 5.82 Å². The molecule has 1 aromatic heterocycles. The topological polar surface area (TPSA) is 50.2 Å². The number of hydrogen-bond acceptors (Lipinski definition) is 2. The van der Waals surface area contributed by atoms with Gasteiger partial charge in [-0.05, 0) is 23.8 Å². The predicted molar refractivity (Wildman–Crippen MR) is 76.0 cm³/mol. The third kappa shape index (κ3) is 3.03. The normalized spacial score (nSPS) is 10.6. The lowest BCUT2D eigenvalue weighted by Crippen LogP contribution is -2.04. The summed E-state index contributed by atoms with van der Waals surface area (Å²) >= 11 is 17.9. The molecule has 0 saturated carbocycles. The fourth-order valence-electron chi connectivity index (χ4n) is 1.73. The molecule has 0 radical (unpaired) electrons. The maximum absolute atomic E-state index is 13.2. The van der Waals surface area contributed by atoms with Crippen molar-refractivity contribution in [3.05, 3.63) is 50.8 Å². The summed E-state index contributed by atoms with van der Waals surface area (Å²) in [7, 11) is 0. The molecule has 2 rings (SSSR count). The van der Waals surface area contributed by atoms with Gasteiger partial charge in [0.25, 0.3) is 0 Å². The molecule has 1 heterocycles. The minimum Gasteiger partial charge on any atom is -0.481 e. The van der Waals surface area contributed by atoms with Crippen LogP contribution in [-0.2, 0) is 11.2 Å². The van der Waals surface area contributed by atoms with Crippen molar-refractivity contribution in [1.82, 2.24) is 4.98 Å². The lowest BCUT2D eigenvalue weighted by molar-refractivity contribution is -0.136. The number of carbonyl (C=O) groups is 1. The van der Waals surface area contributed by atoms with E-state index in [9.17, 15) is 9.18 Å². The molecule has 0 spiro atoms. The van der Waals surface area contributed by atoms with Gasteiger partial charge in [-0.25, -0.2) is 4.39 Å². The van der Waals surface area contributed by atoms with Gasteiger partial charge in [-0.2, -0.15) is 0 Å². The first-order valence-corrected chi connectivity index (χ1v) is 6.53. The van der Waals surface area contributed by atoms with Crippen LogP contribution in [0.25, 0.3) is 11.3 Å². The van der Waals surface area contributed by atoms with E-state index in [1.807, 2.05) is 0 Å². The Morgan fingerprint density at radius 1 is 1.25 bits per heavy atom. The second kappa shape index (κ2) is 5.95. The molecular weight excluding hydrogens is 328 g/mol. The zero-order chi connectivity index (χ0) is 14.9. The van der Waals surface area contributed by atoms with E-state index >= 15 is 0 Å². The number of rotatable bonds is 3. The number of carboxylic acids is 1. The lowest BCUT2D eigenvalue weighted by atomic mass is 10.0. The first-order valence-electron chi connectivity index (χ1n) is 5.40. The second-order valence-electron chi connectivity index (χ2n) is 3.95. The van der Waals surface area contributed by atoms with E-state index in [0.717, 1.165) is 12.3 Å². The molecule has 2 aromatic rings. The summed E-state index contributed by atoms with van der Waals surface area (Å²) in [5, 5.41) is 9.41. The monoisotopic (exact) mass is 333 g/mol. The van der Waals surface area contributed by atoms with E-state index in [0.29, 0.717) is 5.56 Å². The standard InChI is InChI=1S/C13H7Cl3FNO2/c14-9-2-1-8(11(15)12(9)16)13-6(4-10(19)20)3-7(17)5-18-13/h1-3,5H,4H2,(H,19,20). The number of halogens is 4. The number of carboxylic acid groups (broad SMARTS) is 1. The van der Waals surface area contributed by atoms with E-state index < -0.39 is 11.8 Å². The summed E-state index contributed by atoms with van der Waals surface area (Å²) in [6.07, 6.45) is 0.607. The van der Waals surface area contributed by atoms with Crippen LogP contribution in [0.1, 0.15) is 5.56 Å². The Morgan fingerprint density at radius 3 is 2.60 bits per heavy atom. The summed E-state index contributed by atoms with van der Waals surface area (Å²) in [5.41, 5.74) is 0.868. The molecule has 0 aliphatic rings. The maximum Gasteiger partial charge on any atom is 0.307 e. The third-order valence-corrected chi connectivity index (χ3v) is 3.86. The highest BCUT2D eigenvalue weighted by atomic mass is 35.5. The molecule has 0 saturated heterocycles. The first-order chi connectivity index (χ1) is 9.40. The Kier molecular flexibility index (Phi) is 4.48. The van der Waals surface area contributed by atoms with E-state index in [1.165, 1.54) is 6.07 Å². The molecule has 1 aromatic carbocycles. The number of benzene rings is 1. The van der Waals surface area contributed by atoms with E-state index in [1.54, 1.807) is 6.07 Å². The van der Waals surface area contributed by atoms with E-state index in [4.69, 9.17) is 39.9 Å². The van der Waals surface area contributed by atoms with Crippen molar-refractivity contribution in [3.8, 4) is 11.3 Å². The predicted octanol–water partition coefficient (Wildman–Crippen LogP) is 4.48. The second-order valence-corrected chi connectivity index (χ2v) is 5.12. The highest BCUT2D eigenvalue weighted by molar-refractivity contribution is 6.49. The molecule has 104 valence electrons. The van der Waals surface area contributed by atoms with Crippen LogP contribution in [0.4, 0.5) is 4.39 Å². The maximum atomic E-state index is 13.2. The highest BCUT2D eigenvalue weighted by Crippen LogP contribution is 2.38. The molecule has 0 amide bonds. The Bertz CT molecular complexity index is 692. The van der Waals surface area contributed by atoms with Crippen molar-refractivity contribution in [2.45, 2.75) is 6.42 Å². The Labute approximate surface area is 128 Å². The molecule has 20 heavy (non-hydrogen) atoms. The van der Waals surface area contributed by atoms with Gasteiger partial charge in [0.15, 0.2) is 0 Å². The van der Waals surface area contributed by atoms with Crippen LogP contribution < -0.4 is 0 Å². The van der Waals surface area contributed by atoms with E-state index in [-0.39, 0.29) is 32.7 Å². The smallest absolute Gasteiger partial charge is 0.307 e. The molecule has 0 fully saturated rings. The largest absolute Gasteiger partial charge is 0.481 e. The van der Waals surface area contributed by atoms with Gasteiger partial charge in [-0.3, -0.25) is 9.78 Å². The average Bonchev–Trinajstić information content (AvgIpc) is 2.37. The zero-order valence-corrected chi connectivity index (χ0v) is 12.1. The minimum absolute atomic E-state index is 0.137. The van der Waals surface area contributed by atoms with Crippen molar-refractivity contribution in [2.75, 3.05) is 0 Å². The molecule has 0 bridgehead atoms. The average molecular weight is 335 g/mol. The fourth-order valence-corrected chi connectivity index (χ4v) is 2.36. The lowest BCUT2D eigenvalue weighted by Gasteiger charge is -2.10. The zero-order valence-electron chi connectivity index (χ0n) is 9.83. The van der Waals surface area contributed by atoms with Crippen LogP contribution in [0.2, 0.25) is 15.1 Å². The number of aliphatic carboxylic acids is 1. The van der Waals surface area contributed by atoms with Crippen molar-refractivity contribution in [3.63, 3.8) is 0 Å². The Morgan fingerprint density at radius 2 is 1.95 bits per heavy atom. The van der Waals surface area contributed by atoms with Gasteiger partial charge < -0.3 is 5.11 Å². The van der Waals surface area contributed by atoms with E-state index in [2.05, 4.69) is 4.98 Å². The Hall–Kier alpha value is -1.36. The fraction of sp³-hybridized carbons (Fsp3) is 0.0769. The SMILES string of the molecule is O=C(O)Cc1cc(F)cnc1-c1ccc(Cl)c(Cl)c1Cl. The quantitative estimate of drug-likeness (QED) is 0.842. The highest BCUT2D eigenvalue weighted by Gasteiger charge is 2.17. The molecule has 0 aliphatic carbocycles. The van der Waals surface area contributed by atoms with Gasteiger partial charge in [0.1, 0.15) is 5.82 Å². The molecule has 0 atom stereocenters. The van der Waals surface area contributed by atoms with Crippen LogP contribution >= 0.6 is 34.8 Å². The van der Waals surface area contributed by atoms with Crippen molar-refractivity contribution < 1.29 is 14.3 Å². The van der Waals surface area contributed by atoms with Crippen molar-refractivity contribution in [1.29, 1.82) is 0 Å². The summed E-state index contributed by atoms with van der Waals surface area (Å²) in [6.45, 7) is 0. The van der Waals surface area contributed by atoms with Gasteiger partial charge in [0, 0.05) is 5.56 Å². The number of aromatic nitrogens is 1. The molecule has 0 unspecified atom stereocenters. The van der Waals surface area contributed by atoms with Gasteiger partial charge in [-0.15, -0.1) is 0 Å². The van der Waals surface area contributed by atoms with Crippen molar-refractivity contribution >= 4 is 40.8 Å². The van der Waals surface area contributed by atoms with Crippen LogP contribution in [0.5, 0.6) is 0 Å². The van der Waals surface area contributed by atoms with Crippen LogP contribution in [0.15, 0.2) is 24.4 Å². The molecule has 3 nitrogen and oxygen atoms in total. The van der Waals surface area contributed by atoms with Gasteiger partial charge in [0.05, 0.1) is 33.4 Å². The molecular formula is C13H7Cl3FNO2. The molecule has 0 aliphatic heterocycles. The molecule has 7 heteroatoms. The van der Waals surface area contributed by atoms with Crippen LogP contribution in [-0.4, -0.2) is 16.1 Å². The number of hydrogen-bond donors (Lipinski definition) is 1. The minimum atomic E-state index is -1.10.